The van der Waals surface area contributed by atoms with E-state index in [-0.39, 0.29) is 24.4 Å². The van der Waals surface area contributed by atoms with Crippen LogP contribution in [0.2, 0.25) is 5.02 Å². The molecule has 1 aromatic rings. The van der Waals surface area contributed by atoms with Crippen molar-refractivity contribution in [2.75, 3.05) is 13.1 Å². The summed E-state index contributed by atoms with van der Waals surface area (Å²) in [5.41, 5.74) is 6.42. The minimum atomic E-state index is -0.0132. The van der Waals surface area contributed by atoms with Crippen LogP contribution in [0.4, 0.5) is 0 Å². The molecule has 0 aromatic heterocycles. The van der Waals surface area contributed by atoms with E-state index in [0.717, 1.165) is 19.4 Å². The van der Waals surface area contributed by atoms with Crippen LogP contribution >= 0.6 is 24.0 Å². The van der Waals surface area contributed by atoms with Crippen molar-refractivity contribution in [3.8, 4) is 0 Å². The van der Waals surface area contributed by atoms with E-state index in [1.807, 2.05) is 12.1 Å². The predicted octanol–water partition coefficient (Wildman–Crippen LogP) is 2.33. The molecular weight excluding hydrogens is 259 g/mol. The summed E-state index contributed by atoms with van der Waals surface area (Å²) >= 11 is 6.00. The van der Waals surface area contributed by atoms with Crippen molar-refractivity contribution < 1.29 is 4.79 Å². The van der Waals surface area contributed by atoms with Gasteiger partial charge in [0.15, 0.2) is 0 Å². The summed E-state index contributed by atoms with van der Waals surface area (Å²) < 4.78 is 0. The molecule has 1 heterocycles. The highest BCUT2D eigenvalue weighted by atomic mass is 35.5. The summed E-state index contributed by atoms with van der Waals surface area (Å²) in [5, 5.41) is 0.506. The second kappa shape index (κ2) is 6.24. The molecular formula is C12H16Cl2N2O. The van der Waals surface area contributed by atoms with E-state index in [9.17, 15) is 4.79 Å². The average molecular weight is 275 g/mol. The summed E-state index contributed by atoms with van der Waals surface area (Å²) in [4.78, 5) is 13.9. The molecule has 1 fully saturated rings. The molecule has 0 bridgehead atoms. The monoisotopic (exact) mass is 274 g/mol. The number of hydrogen-bond donors (Lipinski definition) is 1. The van der Waals surface area contributed by atoms with Gasteiger partial charge in [0.1, 0.15) is 0 Å². The molecule has 17 heavy (non-hydrogen) atoms. The molecule has 0 saturated carbocycles. The van der Waals surface area contributed by atoms with E-state index in [1.54, 1.807) is 17.0 Å². The van der Waals surface area contributed by atoms with Crippen molar-refractivity contribution in [2.45, 2.75) is 18.9 Å². The Morgan fingerprint density at radius 3 is 2.76 bits per heavy atom. The molecule has 0 radical (unpaired) electrons. The Labute approximate surface area is 112 Å². The van der Waals surface area contributed by atoms with Crippen LogP contribution in [0.3, 0.4) is 0 Å². The molecule has 0 spiro atoms. The van der Waals surface area contributed by atoms with Gasteiger partial charge in [0.25, 0.3) is 5.91 Å². The molecule has 1 amide bonds. The first-order valence-corrected chi connectivity index (χ1v) is 5.85. The molecule has 1 aliphatic rings. The van der Waals surface area contributed by atoms with Gasteiger partial charge in [-0.15, -0.1) is 12.4 Å². The third kappa shape index (κ3) is 3.35. The molecule has 5 heteroatoms. The number of rotatable bonds is 1. The highest BCUT2D eigenvalue weighted by Crippen LogP contribution is 2.19. The van der Waals surface area contributed by atoms with Gasteiger partial charge >= 0.3 is 0 Å². The quantitative estimate of drug-likeness (QED) is 0.855. The second-order valence-electron chi connectivity index (χ2n) is 4.13. The van der Waals surface area contributed by atoms with Crippen LogP contribution in [-0.2, 0) is 0 Å². The minimum Gasteiger partial charge on any atom is -0.337 e. The maximum absolute atomic E-state index is 12.2. The lowest BCUT2D eigenvalue weighted by atomic mass is 10.1. The molecule has 3 nitrogen and oxygen atoms in total. The van der Waals surface area contributed by atoms with Gasteiger partial charge < -0.3 is 10.6 Å². The van der Waals surface area contributed by atoms with Gasteiger partial charge in [-0.3, -0.25) is 4.79 Å². The normalized spacial score (nSPS) is 19.6. The van der Waals surface area contributed by atoms with Crippen LogP contribution < -0.4 is 5.73 Å². The van der Waals surface area contributed by atoms with Gasteiger partial charge in [0.2, 0.25) is 0 Å². The van der Waals surface area contributed by atoms with Crippen LogP contribution in [0, 0.1) is 0 Å². The maximum atomic E-state index is 12.2. The number of piperidine rings is 1. The largest absolute Gasteiger partial charge is 0.337 e. The van der Waals surface area contributed by atoms with Crippen LogP contribution in [0.5, 0.6) is 0 Å². The third-order valence-corrected chi connectivity index (χ3v) is 3.18. The van der Waals surface area contributed by atoms with E-state index >= 15 is 0 Å². The number of halogens is 2. The molecule has 1 atom stereocenters. The van der Waals surface area contributed by atoms with Gasteiger partial charge in [0.05, 0.1) is 10.6 Å². The highest BCUT2D eigenvalue weighted by Gasteiger charge is 2.23. The number of carbonyl (C=O) groups is 1. The zero-order valence-corrected chi connectivity index (χ0v) is 11.0. The number of amides is 1. The highest BCUT2D eigenvalue weighted by molar-refractivity contribution is 6.33. The first-order valence-electron chi connectivity index (χ1n) is 5.48. The third-order valence-electron chi connectivity index (χ3n) is 2.85. The molecule has 1 saturated heterocycles. The predicted molar refractivity (Wildman–Crippen MR) is 71.8 cm³/mol. The number of benzene rings is 1. The van der Waals surface area contributed by atoms with Gasteiger partial charge in [0, 0.05) is 19.1 Å². The van der Waals surface area contributed by atoms with Crippen LogP contribution in [0.1, 0.15) is 23.2 Å². The summed E-state index contributed by atoms with van der Waals surface area (Å²) in [7, 11) is 0. The van der Waals surface area contributed by atoms with E-state index < -0.39 is 0 Å². The van der Waals surface area contributed by atoms with Crippen molar-refractivity contribution in [3.63, 3.8) is 0 Å². The van der Waals surface area contributed by atoms with Crippen molar-refractivity contribution in [2.24, 2.45) is 5.73 Å². The summed E-state index contributed by atoms with van der Waals surface area (Å²) in [5.74, 6) is -0.0132. The Bertz CT molecular complexity index is 398. The fourth-order valence-corrected chi connectivity index (χ4v) is 2.22. The van der Waals surface area contributed by atoms with Gasteiger partial charge in [-0.2, -0.15) is 0 Å². The lowest BCUT2D eigenvalue weighted by molar-refractivity contribution is 0.0709. The lowest BCUT2D eigenvalue weighted by Gasteiger charge is -2.31. The summed E-state index contributed by atoms with van der Waals surface area (Å²) in [6.45, 7) is 1.40. The fraction of sp³-hybridized carbons (Fsp3) is 0.417. The van der Waals surface area contributed by atoms with E-state index in [0.29, 0.717) is 17.1 Å². The fourth-order valence-electron chi connectivity index (χ4n) is 2.00. The van der Waals surface area contributed by atoms with Gasteiger partial charge in [-0.25, -0.2) is 0 Å². The average Bonchev–Trinajstić information content (AvgIpc) is 2.29. The van der Waals surface area contributed by atoms with Crippen molar-refractivity contribution in [3.05, 3.63) is 34.9 Å². The SMILES string of the molecule is Cl.N[C@@H]1CCCN(C(=O)c2ccccc2Cl)C1. The molecule has 2 rings (SSSR count). The Morgan fingerprint density at radius 1 is 1.41 bits per heavy atom. The van der Waals surface area contributed by atoms with Crippen molar-refractivity contribution >= 4 is 29.9 Å². The number of likely N-dealkylation sites (tertiary alicyclic amines) is 1. The van der Waals surface area contributed by atoms with Gasteiger partial charge in [-0.05, 0) is 25.0 Å². The summed E-state index contributed by atoms with van der Waals surface area (Å²) in [6, 6.07) is 7.23. The first kappa shape index (κ1) is 14.3. The molecule has 2 N–H and O–H groups in total. The standard InChI is InChI=1S/C12H15ClN2O.ClH/c13-11-6-2-1-5-10(11)12(16)15-7-3-4-9(14)8-15;/h1-2,5-6,9H,3-4,7-8,14H2;1H/t9-;/m1./s1. The molecule has 1 aliphatic heterocycles. The van der Waals surface area contributed by atoms with Crippen LogP contribution in [0.15, 0.2) is 24.3 Å². The Morgan fingerprint density at radius 2 is 2.12 bits per heavy atom. The van der Waals surface area contributed by atoms with Gasteiger partial charge in [-0.1, -0.05) is 23.7 Å². The molecule has 94 valence electrons. The van der Waals surface area contributed by atoms with Crippen molar-refractivity contribution in [1.82, 2.24) is 4.90 Å². The number of nitrogens with zero attached hydrogens (tertiary/aromatic N) is 1. The minimum absolute atomic E-state index is 0. The first-order chi connectivity index (χ1) is 7.68. The van der Waals surface area contributed by atoms with E-state index in [2.05, 4.69) is 0 Å². The smallest absolute Gasteiger partial charge is 0.255 e. The topological polar surface area (TPSA) is 46.3 Å². The zero-order valence-electron chi connectivity index (χ0n) is 9.43. The second-order valence-corrected chi connectivity index (χ2v) is 4.54. The lowest BCUT2D eigenvalue weighted by Crippen LogP contribution is -2.45. The molecule has 1 aromatic carbocycles. The van der Waals surface area contributed by atoms with Crippen LogP contribution in [0.25, 0.3) is 0 Å². The van der Waals surface area contributed by atoms with E-state index in [4.69, 9.17) is 17.3 Å². The molecule has 0 unspecified atom stereocenters. The summed E-state index contributed by atoms with van der Waals surface area (Å²) in [6.07, 6.45) is 1.96. The number of hydrogen-bond acceptors (Lipinski definition) is 2. The number of nitrogens with two attached hydrogens (primary N) is 1. The van der Waals surface area contributed by atoms with Crippen molar-refractivity contribution in [1.29, 1.82) is 0 Å². The Kier molecular flexibility index (Phi) is 5.25. The number of carbonyl (C=O) groups excluding carboxylic acids is 1. The zero-order chi connectivity index (χ0) is 11.5. The van der Waals surface area contributed by atoms with E-state index in [1.165, 1.54) is 0 Å². The van der Waals surface area contributed by atoms with Crippen LogP contribution in [-0.4, -0.2) is 29.9 Å². The Balaban J connectivity index is 0.00000144. The Hall–Kier alpha value is -0.770. The maximum Gasteiger partial charge on any atom is 0.255 e. The molecule has 0 aliphatic carbocycles.